The molecule has 0 spiro atoms. The number of aromatic nitrogens is 2. The van der Waals surface area contributed by atoms with Crippen LogP contribution in [0, 0.1) is 18.8 Å². The largest absolute Gasteiger partial charge is 0.484 e. The number of ether oxygens (including phenoxy) is 1. The van der Waals surface area contributed by atoms with E-state index in [1.807, 2.05) is 24.0 Å². The summed E-state index contributed by atoms with van der Waals surface area (Å²) in [6.45, 7) is 5.32. The SMILES string of the molecule is Cc1cc(OCC(=O)N2CC3CN(c4ncccn4)CC3C2)ccc1Cl. The fraction of sp³-hybridized carbons (Fsp3) is 0.421. The van der Waals surface area contributed by atoms with E-state index in [9.17, 15) is 4.79 Å². The zero-order valence-electron chi connectivity index (χ0n) is 14.6. The molecular formula is C19H21ClN4O2. The third-order valence-electron chi connectivity index (χ3n) is 5.17. The van der Waals surface area contributed by atoms with E-state index in [1.54, 1.807) is 24.5 Å². The number of carbonyl (C=O) groups is 1. The Morgan fingerprint density at radius 2 is 1.88 bits per heavy atom. The molecule has 0 bridgehead atoms. The van der Waals surface area contributed by atoms with Crippen molar-refractivity contribution in [2.45, 2.75) is 6.92 Å². The van der Waals surface area contributed by atoms with Crippen molar-refractivity contribution >= 4 is 23.5 Å². The van der Waals surface area contributed by atoms with E-state index in [0.717, 1.165) is 37.7 Å². The number of anilines is 1. The van der Waals surface area contributed by atoms with Crippen LogP contribution in [0.4, 0.5) is 5.95 Å². The number of fused-ring (bicyclic) bond motifs is 1. The first kappa shape index (κ1) is 17.1. The molecule has 0 saturated carbocycles. The Labute approximate surface area is 157 Å². The van der Waals surface area contributed by atoms with E-state index in [4.69, 9.17) is 16.3 Å². The number of rotatable bonds is 4. The van der Waals surface area contributed by atoms with E-state index >= 15 is 0 Å². The van der Waals surface area contributed by atoms with Crippen LogP contribution in [-0.4, -0.2) is 53.6 Å². The van der Waals surface area contributed by atoms with Crippen molar-refractivity contribution in [1.82, 2.24) is 14.9 Å². The molecule has 0 aliphatic carbocycles. The lowest BCUT2D eigenvalue weighted by Gasteiger charge is -2.21. The van der Waals surface area contributed by atoms with Crippen molar-refractivity contribution in [3.8, 4) is 5.75 Å². The minimum absolute atomic E-state index is 0.0366. The second kappa shape index (κ2) is 7.11. The minimum atomic E-state index is 0.0366. The highest BCUT2D eigenvalue weighted by molar-refractivity contribution is 6.31. The predicted molar refractivity (Wildman–Crippen MR) is 99.5 cm³/mol. The zero-order valence-corrected chi connectivity index (χ0v) is 15.4. The number of carbonyl (C=O) groups excluding carboxylic acids is 1. The first-order valence-corrected chi connectivity index (χ1v) is 9.16. The van der Waals surface area contributed by atoms with Crippen LogP contribution in [0.25, 0.3) is 0 Å². The monoisotopic (exact) mass is 372 g/mol. The Bertz CT molecular complexity index is 787. The first-order chi connectivity index (χ1) is 12.6. The lowest BCUT2D eigenvalue weighted by Crippen LogP contribution is -2.36. The summed E-state index contributed by atoms with van der Waals surface area (Å²) in [5.41, 5.74) is 0.940. The van der Waals surface area contributed by atoms with Gasteiger partial charge in [-0.1, -0.05) is 11.6 Å². The van der Waals surface area contributed by atoms with E-state index in [1.165, 1.54) is 0 Å². The van der Waals surface area contributed by atoms with Crippen LogP contribution in [0.5, 0.6) is 5.75 Å². The molecule has 4 rings (SSSR count). The van der Waals surface area contributed by atoms with Gasteiger partial charge in [0, 0.05) is 55.4 Å². The molecule has 2 aromatic rings. The van der Waals surface area contributed by atoms with Gasteiger partial charge in [-0.25, -0.2) is 9.97 Å². The number of hydrogen-bond donors (Lipinski definition) is 0. The molecule has 0 N–H and O–H groups in total. The molecule has 2 unspecified atom stereocenters. The maximum atomic E-state index is 12.5. The van der Waals surface area contributed by atoms with Crippen molar-refractivity contribution in [3.05, 3.63) is 47.2 Å². The normalized spacial score (nSPS) is 21.8. The van der Waals surface area contributed by atoms with Gasteiger partial charge in [0.05, 0.1) is 0 Å². The van der Waals surface area contributed by atoms with Crippen molar-refractivity contribution in [2.75, 3.05) is 37.7 Å². The first-order valence-electron chi connectivity index (χ1n) is 8.79. The van der Waals surface area contributed by atoms with E-state index in [-0.39, 0.29) is 12.5 Å². The van der Waals surface area contributed by atoms with Gasteiger partial charge in [-0.05, 0) is 36.8 Å². The maximum Gasteiger partial charge on any atom is 0.260 e. The molecule has 7 heteroatoms. The third-order valence-corrected chi connectivity index (χ3v) is 5.59. The van der Waals surface area contributed by atoms with E-state index in [0.29, 0.717) is 22.6 Å². The number of amides is 1. The zero-order chi connectivity index (χ0) is 18.1. The predicted octanol–water partition coefficient (Wildman–Crippen LogP) is 2.41. The van der Waals surface area contributed by atoms with E-state index in [2.05, 4.69) is 14.9 Å². The summed E-state index contributed by atoms with van der Waals surface area (Å²) >= 11 is 6.01. The molecule has 6 nitrogen and oxygen atoms in total. The number of aryl methyl sites for hydroxylation is 1. The molecule has 2 aliphatic rings. The van der Waals surface area contributed by atoms with Crippen LogP contribution >= 0.6 is 11.6 Å². The molecule has 1 aromatic carbocycles. The second-order valence-corrected chi connectivity index (χ2v) is 7.38. The van der Waals surface area contributed by atoms with Crippen LogP contribution < -0.4 is 9.64 Å². The molecule has 2 aliphatic heterocycles. The van der Waals surface area contributed by atoms with Crippen LogP contribution in [0.2, 0.25) is 5.02 Å². The van der Waals surface area contributed by atoms with Crippen molar-refractivity contribution < 1.29 is 9.53 Å². The summed E-state index contributed by atoms with van der Waals surface area (Å²) < 4.78 is 5.65. The van der Waals surface area contributed by atoms with Crippen LogP contribution in [0.15, 0.2) is 36.7 Å². The standard InChI is InChI=1S/C19H21ClN4O2/c1-13-7-16(3-4-17(13)20)26-12-18(25)23-8-14-10-24(11-15(14)9-23)19-21-5-2-6-22-19/h2-7,14-15H,8-12H2,1H3. The molecule has 2 fully saturated rings. The van der Waals surface area contributed by atoms with Crippen LogP contribution in [0.3, 0.4) is 0 Å². The Morgan fingerprint density at radius 3 is 2.54 bits per heavy atom. The average Bonchev–Trinajstić information content (AvgIpc) is 3.22. The minimum Gasteiger partial charge on any atom is -0.484 e. The second-order valence-electron chi connectivity index (χ2n) is 6.97. The number of nitrogens with zero attached hydrogens (tertiary/aromatic N) is 4. The molecule has 26 heavy (non-hydrogen) atoms. The molecule has 2 saturated heterocycles. The average molecular weight is 373 g/mol. The molecule has 1 aromatic heterocycles. The molecule has 136 valence electrons. The molecular weight excluding hydrogens is 352 g/mol. The van der Waals surface area contributed by atoms with Gasteiger partial charge in [-0.2, -0.15) is 0 Å². The van der Waals surface area contributed by atoms with Crippen molar-refractivity contribution in [3.63, 3.8) is 0 Å². The number of hydrogen-bond acceptors (Lipinski definition) is 5. The molecule has 1 amide bonds. The van der Waals surface area contributed by atoms with Gasteiger partial charge in [0.25, 0.3) is 5.91 Å². The number of benzene rings is 1. The van der Waals surface area contributed by atoms with E-state index < -0.39 is 0 Å². The topological polar surface area (TPSA) is 58.6 Å². The van der Waals surface area contributed by atoms with Crippen molar-refractivity contribution in [1.29, 1.82) is 0 Å². The summed E-state index contributed by atoms with van der Waals surface area (Å²) in [6.07, 6.45) is 3.53. The Kier molecular flexibility index (Phi) is 4.68. The summed E-state index contributed by atoms with van der Waals surface area (Å²) in [5.74, 6) is 2.43. The fourth-order valence-electron chi connectivity index (χ4n) is 3.76. The quantitative estimate of drug-likeness (QED) is 0.824. The summed E-state index contributed by atoms with van der Waals surface area (Å²) in [5, 5.41) is 0.697. The van der Waals surface area contributed by atoms with Crippen molar-refractivity contribution in [2.24, 2.45) is 11.8 Å². The highest BCUT2D eigenvalue weighted by Gasteiger charge is 2.42. The lowest BCUT2D eigenvalue weighted by molar-refractivity contribution is -0.132. The molecule has 0 radical (unpaired) electrons. The smallest absolute Gasteiger partial charge is 0.260 e. The van der Waals surface area contributed by atoms with Gasteiger partial charge < -0.3 is 14.5 Å². The Morgan fingerprint density at radius 1 is 1.19 bits per heavy atom. The molecule has 2 atom stereocenters. The fourth-order valence-corrected chi connectivity index (χ4v) is 3.88. The molecule has 3 heterocycles. The summed E-state index contributed by atoms with van der Waals surface area (Å²) in [6, 6.07) is 7.26. The van der Waals surface area contributed by atoms with Crippen LogP contribution in [-0.2, 0) is 4.79 Å². The van der Waals surface area contributed by atoms with Gasteiger partial charge >= 0.3 is 0 Å². The van der Waals surface area contributed by atoms with Gasteiger partial charge in [-0.3, -0.25) is 4.79 Å². The lowest BCUT2D eigenvalue weighted by atomic mass is 10.0. The van der Waals surface area contributed by atoms with Gasteiger partial charge in [0.15, 0.2) is 6.61 Å². The Hall–Kier alpha value is -2.34. The maximum absolute atomic E-state index is 12.5. The van der Waals surface area contributed by atoms with Crippen LogP contribution in [0.1, 0.15) is 5.56 Å². The highest BCUT2D eigenvalue weighted by Crippen LogP contribution is 2.32. The summed E-state index contributed by atoms with van der Waals surface area (Å²) in [7, 11) is 0. The number of halogens is 1. The van der Waals surface area contributed by atoms with Gasteiger partial charge in [0.1, 0.15) is 5.75 Å². The summed E-state index contributed by atoms with van der Waals surface area (Å²) in [4.78, 5) is 25.3. The van der Waals surface area contributed by atoms with Gasteiger partial charge in [-0.15, -0.1) is 0 Å². The highest BCUT2D eigenvalue weighted by atomic mass is 35.5. The Balaban J connectivity index is 1.30. The van der Waals surface area contributed by atoms with Gasteiger partial charge in [0.2, 0.25) is 5.95 Å². The number of likely N-dealkylation sites (tertiary alicyclic amines) is 1. The third kappa shape index (κ3) is 3.46.